The number of hydrogen-bond acceptors (Lipinski definition) is 3. The minimum absolute atomic E-state index is 0.105. The third kappa shape index (κ3) is 3.63. The van der Waals surface area contributed by atoms with Crippen molar-refractivity contribution < 1.29 is 9.59 Å². The summed E-state index contributed by atoms with van der Waals surface area (Å²) in [4.78, 5) is 26.3. The van der Waals surface area contributed by atoms with Gasteiger partial charge in [-0.15, -0.1) is 0 Å². The molecule has 1 aromatic carbocycles. The van der Waals surface area contributed by atoms with Crippen molar-refractivity contribution in [3.63, 3.8) is 0 Å². The number of fused-ring (bicyclic) bond motifs is 1. The number of thioether (sulfide) groups is 1. The predicted molar refractivity (Wildman–Crippen MR) is 94.9 cm³/mol. The van der Waals surface area contributed by atoms with Crippen molar-refractivity contribution in [1.29, 1.82) is 0 Å². The van der Waals surface area contributed by atoms with E-state index in [1.165, 1.54) is 35.7 Å². The molecular weight excluding hydrogens is 306 g/mol. The summed E-state index contributed by atoms with van der Waals surface area (Å²) in [6.45, 7) is 2.83. The second kappa shape index (κ2) is 7.52. The Labute approximate surface area is 142 Å². The van der Waals surface area contributed by atoms with Crippen molar-refractivity contribution in [2.45, 2.75) is 39.0 Å². The number of carbonyl (C=O) groups excluding carboxylic acids is 2. The highest BCUT2D eigenvalue weighted by molar-refractivity contribution is 7.99. The lowest BCUT2D eigenvalue weighted by molar-refractivity contribution is 0.0612. The van der Waals surface area contributed by atoms with Crippen molar-refractivity contribution in [1.82, 2.24) is 4.90 Å². The van der Waals surface area contributed by atoms with E-state index in [1.807, 2.05) is 12.1 Å². The third-order valence-electron chi connectivity index (χ3n) is 4.99. The molecule has 0 unspecified atom stereocenters. The maximum Gasteiger partial charge on any atom is 0.261 e. The highest BCUT2D eigenvalue weighted by Gasteiger charge is 2.36. The quantitative estimate of drug-likeness (QED) is 0.578. The number of carbonyl (C=O) groups is 2. The molecule has 0 spiro atoms. The van der Waals surface area contributed by atoms with Crippen LogP contribution < -0.4 is 0 Å². The van der Waals surface area contributed by atoms with Gasteiger partial charge in [-0.25, -0.2) is 0 Å². The van der Waals surface area contributed by atoms with Crippen LogP contribution in [0.25, 0.3) is 0 Å². The normalized spacial score (nSPS) is 24.1. The Balaban J connectivity index is 1.52. The van der Waals surface area contributed by atoms with Gasteiger partial charge in [0, 0.05) is 6.54 Å². The first-order chi connectivity index (χ1) is 11.2. The van der Waals surface area contributed by atoms with E-state index >= 15 is 0 Å². The first-order valence-electron chi connectivity index (χ1n) is 8.73. The Morgan fingerprint density at radius 3 is 2.13 bits per heavy atom. The van der Waals surface area contributed by atoms with E-state index in [0.29, 0.717) is 23.6 Å². The van der Waals surface area contributed by atoms with Gasteiger partial charge in [0.1, 0.15) is 0 Å². The fourth-order valence-electron chi connectivity index (χ4n) is 3.64. The molecule has 3 nitrogen and oxygen atoms in total. The topological polar surface area (TPSA) is 37.4 Å². The van der Waals surface area contributed by atoms with Crippen LogP contribution >= 0.6 is 11.8 Å². The van der Waals surface area contributed by atoms with E-state index in [-0.39, 0.29) is 11.8 Å². The van der Waals surface area contributed by atoms with Crippen LogP contribution in [-0.2, 0) is 0 Å². The van der Waals surface area contributed by atoms with Crippen LogP contribution in [0.15, 0.2) is 24.3 Å². The number of amides is 2. The van der Waals surface area contributed by atoms with E-state index in [1.54, 1.807) is 12.1 Å². The van der Waals surface area contributed by atoms with Gasteiger partial charge in [0.25, 0.3) is 11.8 Å². The highest BCUT2D eigenvalue weighted by Crippen LogP contribution is 2.33. The molecule has 1 aliphatic heterocycles. The zero-order valence-corrected chi connectivity index (χ0v) is 14.6. The van der Waals surface area contributed by atoms with Crippen LogP contribution in [-0.4, -0.2) is 34.8 Å². The number of hydrogen-bond donors (Lipinski definition) is 0. The van der Waals surface area contributed by atoms with Gasteiger partial charge in [-0.05, 0) is 67.6 Å². The average Bonchev–Trinajstić information content (AvgIpc) is 2.82. The number of benzene rings is 1. The summed E-state index contributed by atoms with van der Waals surface area (Å²) in [5, 5.41) is 0. The standard InChI is InChI=1S/C19H25NO2S/c1-2-11-23-13-15-9-7-14(8-10-15)12-20-18(21)16-5-3-4-6-17(16)19(20)22/h3-6,14-15H,2,7-13H2,1H3. The molecule has 0 saturated heterocycles. The molecule has 2 aliphatic rings. The zero-order chi connectivity index (χ0) is 16.2. The summed E-state index contributed by atoms with van der Waals surface area (Å²) >= 11 is 2.07. The lowest BCUT2D eigenvalue weighted by Crippen LogP contribution is -2.36. The van der Waals surface area contributed by atoms with Gasteiger partial charge in [-0.3, -0.25) is 14.5 Å². The summed E-state index contributed by atoms with van der Waals surface area (Å²) in [5.41, 5.74) is 1.14. The van der Waals surface area contributed by atoms with Crippen LogP contribution in [0.4, 0.5) is 0 Å². The van der Waals surface area contributed by atoms with Crippen molar-refractivity contribution in [3.05, 3.63) is 35.4 Å². The SMILES string of the molecule is CCCSCC1CCC(CN2C(=O)c3ccccc3C2=O)CC1. The second-order valence-electron chi connectivity index (χ2n) is 6.73. The largest absolute Gasteiger partial charge is 0.274 e. The highest BCUT2D eigenvalue weighted by atomic mass is 32.2. The summed E-state index contributed by atoms with van der Waals surface area (Å²) in [6, 6.07) is 7.17. The van der Waals surface area contributed by atoms with E-state index in [2.05, 4.69) is 18.7 Å². The Morgan fingerprint density at radius 1 is 1.00 bits per heavy atom. The van der Waals surface area contributed by atoms with E-state index in [4.69, 9.17) is 0 Å². The van der Waals surface area contributed by atoms with Gasteiger partial charge in [-0.1, -0.05) is 19.1 Å². The predicted octanol–water partition coefficient (Wildman–Crippen LogP) is 4.23. The van der Waals surface area contributed by atoms with Crippen LogP contribution in [0, 0.1) is 11.8 Å². The van der Waals surface area contributed by atoms with Gasteiger partial charge in [-0.2, -0.15) is 11.8 Å². The molecule has 1 saturated carbocycles. The summed E-state index contributed by atoms with van der Waals surface area (Å²) in [7, 11) is 0. The smallest absolute Gasteiger partial charge is 0.261 e. The Hall–Kier alpha value is -1.29. The first-order valence-corrected chi connectivity index (χ1v) is 9.89. The zero-order valence-electron chi connectivity index (χ0n) is 13.8. The molecule has 0 N–H and O–H groups in total. The molecule has 1 heterocycles. The molecule has 2 amide bonds. The van der Waals surface area contributed by atoms with Crippen molar-refractivity contribution in [2.75, 3.05) is 18.1 Å². The molecule has 3 rings (SSSR count). The molecule has 4 heteroatoms. The van der Waals surface area contributed by atoms with Crippen molar-refractivity contribution in [3.8, 4) is 0 Å². The monoisotopic (exact) mass is 331 g/mol. The van der Waals surface area contributed by atoms with Crippen molar-refractivity contribution >= 4 is 23.6 Å². The molecule has 124 valence electrons. The first kappa shape index (κ1) is 16.6. The van der Waals surface area contributed by atoms with Crippen LogP contribution in [0.3, 0.4) is 0 Å². The van der Waals surface area contributed by atoms with Gasteiger partial charge < -0.3 is 0 Å². The summed E-state index contributed by atoms with van der Waals surface area (Å²) < 4.78 is 0. The molecule has 1 aliphatic carbocycles. The molecule has 1 aromatic rings. The average molecular weight is 331 g/mol. The van der Waals surface area contributed by atoms with Gasteiger partial charge >= 0.3 is 0 Å². The Kier molecular flexibility index (Phi) is 5.42. The molecule has 0 bridgehead atoms. The number of nitrogens with zero attached hydrogens (tertiary/aromatic N) is 1. The Morgan fingerprint density at radius 2 is 1.57 bits per heavy atom. The lowest BCUT2D eigenvalue weighted by atomic mass is 9.82. The number of imide groups is 1. The fraction of sp³-hybridized carbons (Fsp3) is 0.579. The van der Waals surface area contributed by atoms with Crippen LogP contribution in [0.5, 0.6) is 0 Å². The minimum Gasteiger partial charge on any atom is -0.274 e. The van der Waals surface area contributed by atoms with Gasteiger partial charge in [0.2, 0.25) is 0 Å². The minimum atomic E-state index is -0.105. The van der Waals surface area contributed by atoms with Crippen molar-refractivity contribution in [2.24, 2.45) is 11.8 Å². The number of rotatable bonds is 6. The summed E-state index contributed by atoms with van der Waals surface area (Å²) in [6.07, 6.45) is 6.02. The maximum absolute atomic E-state index is 12.4. The van der Waals surface area contributed by atoms with Gasteiger partial charge in [0.15, 0.2) is 0 Å². The summed E-state index contributed by atoms with van der Waals surface area (Å²) in [5.74, 6) is 3.62. The van der Waals surface area contributed by atoms with Gasteiger partial charge in [0.05, 0.1) is 11.1 Å². The lowest BCUT2D eigenvalue weighted by Gasteiger charge is -2.30. The fourth-order valence-corrected chi connectivity index (χ4v) is 4.76. The van der Waals surface area contributed by atoms with Crippen LogP contribution in [0.1, 0.15) is 59.7 Å². The molecule has 0 aromatic heterocycles. The van der Waals surface area contributed by atoms with E-state index in [0.717, 1.165) is 18.8 Å². The molecule has 0 radical (unpaired) electrons. The van der Waals surface area contributed by atoms with E-state index < -0.39 is 0 Å². The molecular formula is C19H25NO2S. The van der Waals surface area contributed by atoms with Crippen LogP contribution in [0.2, 0.25) is 0 Å². The molecule has 1 fully saturated rings. The maximum atomic E-state index is 12.4. The molecule has 0 atom stereocenters. The Bertz CT molecular complexity index is 543. The second-order valence-corrected chi connectivity index (χ2v) is 7.88. The third-order valence-corrected chi connectivity index (χ3v) is 6.39. The molecule has 23 heavy (non-hydrogen) atoms. The van der Waals surface area contributed by atoms with E-state index in [9.17, 15) is 9.59 Å².